The molecule has 0 saturated heterocycles. The summed E-state index contributed by atoms with van der Waals surface area (Å²) < 4.78 is 3.86. The minimum absolute atomic E-state index is 0.135. The maximum absolute atomic E-state index is 10.3. The summed E-state index contributed by atoms with van der Waals surface area (Å²) >= 11 is 0. The Hall–Kier alpha value is -2.25. The summed E-state index contributed by atoms with van der Waals surface area (Å²) in [4.78, 5) is 4.08. The van der Waals surface area contributed by atoms with Gasteiger partial charge in [-0.25, -0.2) is 9.67 Å². The lowest BCUT2D eigenvalue weighted by atomic mass is 10.1. The van der Waals surface area contributed by atoms with E-state index in [4.69, 9.17) is 0 Å². The van der Waals surface area contributed by atoms with Gasteiger partial charge in [-0.05, 0) is 36.5 Å². The number of nitrogens with one attached hydrogen (secondary N) is 1. The third kappa shape index (κ3) is 3.05. The van der Waals surface area contributed by atoms with Crippen molar-refractivity contribution in [2.75, 3.05) is 0 Å². The minimum atomic E-state index is -0.293. The summed E-state index contributed by atoms with van der Waals surface area (Å²) in [5.41, 5.74) is 3.09. The van der Waals surface area contributed by atoms with Crippen LogP contribution >= 0.6 is 0 Å². The Labute approximate surface area is 140 Å². The summed E-state index contributed by atoms with van der Waals surface area (Å²) in [7, 11) is 1.89. The molecule has 0 amide bonds. The van der Waals surface area contributed by atoms with Crippen LogP contribution in [-0.4, -0.2) is 41.8 Å². The third-order valence-electron chi connectivity index (χ3n) is 4.90. The highest BCUT2D eigenvalue weighted by Gasteiger charge is 2.32. The van der Waals surface area contributed by atoms with Crippen molar-refractivity contribution < 1.29 is 5.11 Å². The van der Waals surface area contributed by atoms with E-state index in [1.165, 1.54) is 0 Å². The number of aliphatic hydroxyl groups excluding tert-OH is 1. The lowest BCUT2D eigenvalue weighted by Gasteiger charge is -2.16. The van der Waals surface area contributed by atoms with Gasteiger partial charge in [-0.3, -0.25) is 0 Å². The topological polar surface area (TPSA) is 80.8 Å². The molecule has 2 N–H and O–H groups in total. The number of aryl methyl sites for hydroxylation is 1. The van der Waals surface area contributed by atoms with Crippen LogP contribution in [0.1, 0.15) is 18.4 Å². The highest BCUT2D eigenvalue weighted by atomic mass is 16.3. The molecule has 0 spiro atoms. The zero-order chi connectivity index (χ0) is 16.5. The first-order valence-corrected chi connectivity index (χ1v) is 8.34. The Morgan fingerprint density at radius 2 is 2.25 bits per heavy atom. The second kappa shape index (κ2) is 6.33. The Bertz CT molecular complexity index is 812. The van der Waals surface area contributed by atoms with Crippen molar-refractivity contribution in [1.82, 2.24) is 29.9 Å². The van der Waals surface area contributed by atoms with Crippen molar-refractivity contribution in [3.05, 3.63) is 42.5 Å². The molecular weight excluding hydrogens is 304 g/mol. The molecule has 1 aromatic carbocycles. The fraction of sp³-hybridized carbons (Fsp3) is 0.471. The van der Waals surface area contributed by atoms with Crippen LogP contribution in [0.4, 0.5) is 0 Å². The van der Waals surface area contributed by atoms with Gasteiger partial charge < -0.3 is 15.0 Å². The van der Waals surface area contributed by atoms with E-state index in [-0.39, 0.29) is 12.1 Å². The van der Waals surface area contributed by atoms with Crippen molar-refractivity contribution in [2.45, 2.75) is 38.1 Å². The van der Waals surface area contributed by atoms with Crippen LogP contribution in [0.2, 0.25) is 0 Å². The largest absolute Gasteiger partial charge is 0.391 e. The van der Waals surface area contributed by atoms with E-state index >= 15 is 0 Å². The second-order valence-corrected chi connectivity index (χ2v) is 6.69. The molecule has 1 unspecified atom stereocenters. The number of imidazole rings is 1. The SMILES string of the molecule is Cn1nnc2cc(CN[C@@H]3CC(Cn4ccnc4)C[C@H]3O)ccc21. The van der Waals surface area contributed by atoms with Gasteiger partial charge in [-0.2, -0.15) is 0 Å². The van der Waals surface area contributed by atoms with E-state index in [1.54, 1.807) is 10.9 Å². The van der Waals surface area contributed by atoms with E-state index in [9.17, 15) is 5.11 Å². The van der Waals surface area contributed by atoms with Gasteiger partial charge in [0.2, 0.25) is 0 Å². The zero-order valence-electron chi connectivity index (χ0n) is 13.7. The zero-order valence-corrected chi connectivity index (χ0v) is 13.7. The number of hydrogen-bond donors (Lipinski definition) is 2. The Kier molecular flexibility index (Phi) is 4.03. The molecule has 1 aliphatic carbocycles. The van der Waals surface area contributed by atoms with E-state index in [2.05, 4.69) is 37.3 Å². The number of fused-ring (bicyclic) bond motifs is 1. The average molecular weight is 326 g/mol. The molecule has 2 aromatic heterocycles. The summed E-state index contributed by atoms with van der Waals surface area (Å²) in [5.74, 6) is 0.481. The Morgan fingerprint density at radius 3 is 3.08 bits per heavy atom. The monoisotopic (exact) mass is 326 g/mol. The van der Waals surface area contributed by atoms with Gasteiger partial charge in [0.05, 0.1) is 17.9 Å². The summed E-state index contributed by atoms with van der Waals surface area (Å²) in [5, 5.41) is 22.0. The number of hydrogen-bond acceptors (Lipinski definition) is 5. The summed E-state index contributed by atoms with van der Waals surface area (Å²) in [6, 6.07) is 6.32. The first-order valence-electron chi connectivity index (χ1n) is 8.34. The Balaban J connectivity index is 1.36. The molecule has 1 aliphatic rings. The molecule has 4 rings (SSSR count). The van der Waals surface area contributed by atoms with Crippen molar-refractivity contribution in [3.8, 4) is 0 Å². The van der Waals surface area contributed by atoms with Gasteiger partial charge in [-0.15, -0.1) is 5.10 Å². The fourth-order valence-corrected chi connectivity index (χ4v) is 3.62. The molecule has 2 heterocycles. The van der Waals surface area contributed by atoms with Gasteiger partial charge in [0.1, 0.15) is 5.52 Å². The lowest BCUT2D eigenvalue weighted by Crippen LogP contribution is -2.35. The summed E-state index contributed by atoms with van der Waals surface area (Å²) in [6.07, 6.45) is 7.13. The molecular formula is C17H22N6O. The van der Waals surface area contributed by atoms with Crippen LogP contribution in [-0.2, 0) is 20.1 Å². The maximum atomic E-state index is 10.3. The molecule has 3 aromatic rings. The average Bonchev–Trinajstić information content (AvgIpc) is 3.28. The molecule has 3 atom stereocenters. The Morgan fingerprint density at radius 1 is 1.33 bits per heavy atom. The standard InChI is InChI=1S/C17H22N6O/c1-22-16-3-2-12(6-14(16)20-21-22)9-19-15-7-13(8-17(15)24)10-23-5-4-18-11-23/h2-6,11,13,15,17,19,24H,7-10H2,1H3/t13?,15-,17-/m1/s1. The van der Waals surface area contributed by atoms with Gasteiger partial charge in [0.15, 0.2) is 0 Å². The molecule has 1 saturated carbocycles. The second-order valence-electron chi connectivity index (χ2n) is 6.69. The fourth-order valence-electron chi connectivity index (χ4n) is 3.62. The number of aliphatic hydroxyl groups is 1. The van der Waals surface area contributed by atoms with Gasteiger partial charge in [0, 0.05) is 38.6 Å². The quantitative estimate of drug-likeness (QED) is 0.734. The highest BCUT2D eigenvalue weighted by Crippen LogP contribution is 2.28. The van der Waals surface area contributed by atoms with Crippen LogP contribution in [0.3, 0.4) is 0 Å². The minimum Gasteiger partial charge on any atom is -0.391 e. The number of rotatable bonds is 5. The number of aromatic nitrogens is 5. The normalized spacial score (nSPS) is 24.0. The van der Waals surface area contributed by atoms with Crippen molar-refractivity contribution in [2.24, 2.45) is 13.0 Å². The van der Waals surface area contributed by atoms with Crippen LogP contribution in [0.15, 0.2) is 36.9 Å². The molecule has 0 radical (unpaired) electrons. The molecule has 126 valence electrons. The molecule has 0 aliphatic heterocycles. The first kappa shape index (κ1) is 15.3. The van der Waals surface area contributed by atoms with Crippen molar-refractivity contribution >= 4 is 11.0 Å². The predicted octanol–water partition coefficient (Wildman–Crippen LogP) is 1.09. The smallest absolute Gasteiger partial charge is 0.113 e. The first-order chi connectivity index (χ1) is 11.7. The molecule has 7 heteroatoms. The van der Waals surface area contributed by atoms with Crippen LogP contribution in [0.25, 0.3) is 11.0 Å². The van der Waals surface area contributed by atoms with Gasteiger partial charge in [0.25, 0.3) is 0 Å². The number of nitrogens with zero attached hydrogens (tertiary/aromatic N) is 5. The summed E-state index contributed by atoms with van der Waals surface area (Å²) in [6.45, 7) is 1.65. The van der Waals surface area contributed by atoms with Crippen molar-refractivity contribution in [3.63, 3.8) is 0 Å². The molecule has 0 bridgehead atoms. The third-order valence-corrected chi connectivity index (χ3v) is 4.90. The van der Waals surface area contributed by atoms with Crippen LogP contribution in [0, 0.1) is 5.92 Å². The maximum Gasteiger partial charge on any atom is 0.113 e. The molecule has 7 nitrogen and oxygen atoms in total. The van der Waals surface area contributed by atoms with Crippen molar-refractivity contribution in [1.29, 1.82) is 0 Å². The van der Waals surface area contributed by atoms with E-state index in [1.807, 2.05) is 25.6 Å². The molecule has 1 fully saturated rings. The van der Waals surface area contributed by atoms with Gasteiger partial charge in [-0.1, -0.05) is 11.3 Å². The lowest BCUT2D eigenvalue weighted by molar-refractivity contribution is 0.145. The highest BCUT2D eigenvalue weighted by molar-refractivity contribution is 5.74. The number of benzene rings is 1. The predicted molar refractivity (Wildman–Crippen MR) is 90.1 cm³/mol. The molecule has 24 heavy (non-hydrogen) atoms. The van der Waals surface area contributed by atoms with Crippen LogP contribution in [0.5, 0.6) is 0 Å². The van der Waals surface area contributed by atoms with Gasteiger partial charge >= 0.3 is 0 Å². The van der Waals surface area contributed by atoms with E-state index < -0.39 is 0 Å². The van der Waals surface area contributed by atoms with Crippen LogP contribution < -0.4 is 5.32 Å². The van der Waals surface area contributed by atoms with E-state index in [0.29, 0.717) is 5.92 Å². The van der Waals surface area contributed by atoms with E-state index in [0.717, 1.165) is 42.5 Å².